The molecule has 0 unspecified atom stereocenters. The third-order valence-corrected chi connectivity index (χ3v) is 5.45. The van der Waals surface area contributed by atoms with E-state index in [1.165, 1.54) is 11.1 Å². The summed E-state index contributed by atoms with van der Waals surface area (Å²) in [6.45, 7) is 1.25. The number of nitrogens with one attached hydrogen (secondary N) is 1. The molecular formula is C19H22F2N6O3. The Bertz CT molecular complexity index is 951. The maximum Gasteiger partial charge on any atom is 0.282 e. The predicted octanol–water partition coefficient (Wildman–Crippen LogP) is 2.29. The van der Waals surface area contributed by atoms with Crippen LogP contribution in [0.25, 0.3) is 0 Å². The number of amides is 1. The second-order valence-electron chi connectivity index (χ2n) is 8.31. The van der Waals surface area contributed by atoms with Crippen molar-refractivity contribution >= 4 is 11.7 Å². The molecule has 11 heteroatoms. The van der Waals surface area contributed by atoms with Crippen molar-refractivity contribution in [1.29, 1.82) is 0 Å². The molecule has 1 atom stereocenters. The van der Waals surface area contributed by atoms with Gasteiger partial charge in [-0.05, 0) is 37.5 Å². The predicted molar refractivity (Wildman–Crippen MR) is 99.4 cm³/mol. The molecule has 3 fully saturated rings. The Labute approximate surface area is 171 Å². The largest absolute Gasteiger partial charge is 0.475 e. The van der Waals surface area contributed by atoms with Gasteiger partial charge in [0.15, 0.2) is 17.3 Å². The van der Waals surface area contributed by atoms with Gasteiger partial charge in [-0.25, -0.2) is 18.7 Å². The minimum Gasteiger partial charge on any atom is -0.475 e. The van der Waals surface area contributed by atoms with Crippen LogP contribution in [0.1, 0.15) is 53.9 Å². The van der Waals surface area contributed by atoms with Gasteiger partial charge in [-0.15, -0.1) is 0 Å². The highest BCUT2D eigenvalue weighted by Crippen LogP contribution is 2.40. The molecule has 2 saturated carbocycles. The number of carbonyl (C=O) groups is 1. The van der Waals surface area contributed by atoms with Gasteiger partial charge in [0.1, 0.15) is 0 Å². The maximum absolute atomic E-state index is 13.3. The molecule has 9 nitrogen and oxygen atoms in total. The van der Waals surface area contributed by atoms with Crippen molar-refractivity contribution in [2.45, 2.75) is 44.6 Å². The Balaban J connectivity index is 1.34. The van der Waals surface area contributed by atoms with Gasteiger partial charge >= 0.3 is 0 Å². The smallest absolute Gasteiger partial charge is 0.282 e. The van der Waals surface area contributed by atoms with Gasteiger partial charge in [0.05, 0.1) is 31.9 Å². The van der Waals surface area contributed by atoms with Crippen molar-refractivity contribution in [2.75, 3.05) is 24.6 Å². The maximum atomic E-state index is 13.3. The average molecular weight is 420 g/mol. The molecule has 1 aliphatic heterocycles. The number of halogens is 2. The van der Waals surface area contributed by atoms with Crippen LogP contribution in [0.5, 0.6) is 5.88 Å². The van der Waals surface area contributed by atoms with Crippen LogP contribution in [0.15, 0.2) is 10.7 Å². The second kappa shape index (κ2) is 7.13. The first-order valence-electron chi connectivity index (χ1n) is 10.1. The summed E-state index contributed by atoms with van der Waals surface area (Å²) in [7, 11) is 0. The number of aromatic nitrogens is 4. The summed E-state index contributed by atoms with van der Waals surface area (Å²) >= 11 is 0. The van der Waals surface area contributed by atoms with E-state index in [0.717, 1.165) is 25.7 Å². The van der Waals surface area contributed by atoms with Crippen molar-refractivity contribution in [1.82, 2.24) is 25.4 Å². The van der Waals surface area contributed by atoms with E-state index in [2.05, 4.69) is 25.4 Å². The standard InChI is InChI=1S/C19H22F2N6O3/c1-10-23-15(26-30-10)14(12-4-5-12)25-17(28)13-6-22-16(27-8-19(20,21)9-27)18(24-13)29-7-11-2-3-11/h6,11-12,14H,2-5,7-9H2,1H3,(H,25,28)/t14-/m0/s1. The summed E-state index contributed by atoms with van der Waals surface area (Å²) in [6.07, 6.45) is 5.34. The zero-order valence-corrected chi connectivity index (χ0v) is 16.5. The summed E-state index contributed by atoms with van der Waals surface area (Å²) in [5.74, 6) is -1.29. The second-order valence-corrected chi connectivity index (χ2v) is 8.31. The van der Waals surface area contributed by atoms with Gasteiger partial charge in [0.25, 0.3) is 17.7 Å². The molecule has 2 aromatic heterocycles. The van der Waals surface area contributed by atoms with Crippen molar-refractivity contribution in [3.8, 4) is 5.88 Å². The molecule has 5 rings (SSSR count). The van der Waals surface area contributed by atoms with E-state index < -0.39 is 24.9 Å². The van der Waals surface area contributed by atoms with E-state index in [1.54, 1.807) is 6.92 Å². The highest BCUT2D eigenvalue weighted by Gasteiger charge is 2.46. The highest BCUT2D eigenvalue weighted by atomic mass is 19.3. The number of anilines is 1. The van der Waals surface area contributed by atoms with E-state index in [0.29, 0.717) is 24.2 Å². The third-order valence-electron chi connectivity index (χ3n) is 5.45. The monoisotopic (exact) mass is 420 g/mol. The van der Waals surface area contributed by atoms with E-state index >= 15 is 0 Å². The normalized spacial score (nSPS) is 21.1. The number of hydrogen-bond donors (Lipinski definition) is 1. The number of carbonyl (C=O) groups excluding carboxylic acids is 1. The van der Waals surface area contributed by atoms with E-state index in [1.807, 2.05) is 0 Å². The van der Waals surface area contributed by atoms with Crippen molar-refractivity contribution in [3.63, 3.8) is 0 Å². The van der Waals surface area contributed by atoms with Gasteiger partial charge in [0, 0.05) is 6.92 Å². The fraction of sp³-hybridized carbons (Fsp3) is 0.632. The molecular weight excluding hydrogens is 398 g/mol. The Morgan fingerprint density at radius 2 is 2.10 bits per heavy atom. The Morgan fingerprint density at radius 3 is 2.70 bits per heavy atom. The lowest BCUT2D eigenvalue weighted by Crippen LogP contribution is -2.56. The van der Waals surface area contributed by atoms with Gasteiger partial charge in [0.2, 0.25) is 5.89 Å². The fourth-order valence-electron chi connectivity index (χ4n) is 3.41. The van der Waals surface area contributed by atoms with Crippen molar-refractivity contribution in [2.24, 2.45) is 11.8 Å². The first kappa shape index (κ1) is 19.1. The molecule has 1 amide bonds. The summed E-state index contributed by atoms with van der Waals surface area (Å²) in [5.41, 5.74) is 0.0581. The molecule has 2 aromatic rings. The molecule has 30 heavy (non-hydrogen) atoms. The van der Waals surface area contributed by atoms with Crippen LogP contribution in [0.3, 0.4) is 0 Å². The van der Waals surface area contributed by atoms with Gasteiger partial charge < -0.3 is 19.5 Å². The van der Waals surface area contributed by atoms with Crippen molar-refractivity contribution < 1.29 is 22.8 Å². The number of aryl methyl sites for hydroxylation is 1. The molecule has 160 valence electrons. The number of alkyl halides is 2. The Kier molecular flexibility index (Phi) is 4.55. The number of hydrogen-bond acceptors (Lipinski definition) is 8. The van der Waals surface area contributed by atoms with Gasteiger partial charge in [-0.1, -0.05) is 5.16 Å². The minimum absolute atomic E-state index is 0.0581. The lowest BCUT2D eigenvalue weighted by Gasteiger charge is -2.39. The fourth-order valence-corrected chi connectivity index (χ4v) is 3.41. The SMILES string of the molecule is Cc1nc([C@@H](NC(=O)c2cnc(N3CC(F)(F)C3)c(OCC3CC3)n2)C2CC2)no1. The zero-order valence-electron chi connectivity index (χ0n) is 16.5. The Hall–Kier alpha value is -2.85. The van der Waals surface area contributed by atoms with Crippen LogP contribution >= 0.6 is 0 Å². The summed E-state index contributed by atoms with van der Waals surface area (Å²) < 4.78 is 37.4. The lowest BCUT2D eigenvalue weighted by molar-refractivity contribution is -0.0270. The van der Waals surface area contributed by atoms with Crippen molar-refractivity contribution in [3.05, 3.63) is 23.6 Å². The molecule has 0 bridgehead atoms. The number of rotatable bonds is 8. The summed E-state index contributed by atoms with van der Waals surface area (Å²) in [5, 5.41) is 6.83. The molecule has 1 saturated heterocycles. The average Bonchev–Trinajstić information content (AvgIpc) is 3.61. The van der Waals surface area contributed by atoms with E-state index in [-0.39, 0.29) is 29.4 Å². The van der Waals surface area contributed by atoms with Crippen LogP contribution in [0, 0.1) is 18.8 Å². The minimum atomic E-state index is -2.74. The molecule has 3 aliphatic rings. The molecule has 2 aliphatic carbocycles. The van der Waals surface area contributed by atoms with Crippen LogP contribution in [0.2, 0.25) is 0 Å². The third kappa shape index (κ3) is 4.05. The highest BCUT2D eigenvalue weighted by molar-refractivity contribution is 5.92. The molecule has 0 aromatic carbocycles. The molecule has 1 N–H and O–H groups in total. The lowest BCUT2D eigenvalue weighted by atomic mass is 10.1. The Morgan fingerprint density at radius 1 is 1.33 bits per heavy atom. The molecule has 0 spiro atoms. The molecule has 3 heterocycles. The van der Waals surface area contributed by atoms with Crippen LogP contribution in [0.4, 0.5) is 14.6 Å². The topological polar surface area (TPSA) is 106 Å². The number of ether oxygens (including phenoxy) is 1. The first-order valence-corrected chi connectivity index (χ1v) is 10.1. The van der Waals surface area contributed by atoms with Gasteiger partial charge in [-0.2, -0.15) is 4.98 Å². The van der Waals surface area contributed by atoms with E-state index in [9.17, 15) is 13.6 Å². The number of nitrogens with zero attached hydrogens (tertiary/aromatic N) is 5. The van der Waals surface area contributed by atoms with Crippen LogP contribution < -0.4 is 15.0 Å². The van der Waals surface area contributed by atoms with Gasteiger partial charge in [-0.3, -0.25) is 4.79 Å². The van der Waals surface area contributed by atoms with Crippen LogP contribution in [-0.4, -0.2) is 51.6 Å². The summed E-state index contributed by atoms with van der Waals surface area (Å²) in [6, 6.07) is -0.374. The summed E-state index contributed by atoms with van der Waals surface area (Å²) in [4.78, 5) is 27.0. The van der Waals surface area contributed by atoms with Crippen LogP contribution in [-0.2, 0) is 0 Å². The molecule has 0 radical (unpaired) electrons. The van der Waals surface area contributed by atoms with E-state index in [4.69, 9.17) is 9.26 Å². The quantitative estimate of drug-likeness (QED) is 0.693. The first-order chi connectivity index (χ1) is 14.4. The zero-order chi connectivity index (χ0) is 20.9.